The van der Waals surface area contributed by atoms with E-state index in [1.165, 1.54) is 41.2 Å². The van der Waals surface area contributed by atoms with Gasteiger partial charge in [0.25, 0.3) is 15.9 Å². The van der Waals surface area contributed by atoms with Crippen molar-refractivity contribution in [2.45, 2.75) is 37.6 Å². The van der Waals surface area contributed by atoms with Gasteiger partial charge in [-0.15, -0.1) is 6.58 Å². The normalized spacial score (nSPS) is 12.1. The van der Waals surface area contributed by atoms with E-state index in [4.69, 9.17) is 11.6 Å². The zero-order valence-electron chi connectivity index (χ0n) is 19.8. The fourth-order valence-electron chi connectivity index (χ4n) is 3.70. The number of nitrogens with zero attached hydrogens (tertiary/aromatic N) is 2. The average molecular weight is 540 g/mol. The summed E-state index contributed by atoms with van der Waals surface area (Å²) >= 11 is 7.31. The predicted octanol–water partition coefficient (Wildman–Crippen LogP) is 6.43. The lowest BCUT2D eigenvalue weighted by Crippen LogP contribution is -2.16. The molecule has 0 unspecified atom stereocenters. The predicted molar refractivity (Wildman–Crippen MR) is 147 cm³/mol. The van der Waals surface area contributed by atoms with Crippen molar-refractivity contribution in [1.29, 1.82) is 0 Å². The van der Waals surface area contributed by atoms with E-state index in [9.17, 15) is 13.2 Å². The molecular formula is C27H26ClN3O3S2. The Kier molecular flexibility index (Phi) is 8.08. The van der Waals surface area contributed by atoms with Gasteiger partial charge in [0.2, 0.25) is 0 Å². The third-order valence-electron chi connectivity index (χ3n) is 5.58. The van der Waals surface area contributed by atoms with Crippen molar-refractivity contribution in [3.63, 3.8) is 0 Å². The van der Waals surface area contributed by atoms with Crippen LogP contribution in [-0.4, -0.2) is 18.9 Å². The van der Waals surface area contributed by atoms with Gasteiger partial charge in [0.15, 0.2) is 4.80 Å². The summed E-state index contributed by atoms with van der Waals surface area (Å²) in [7, 11) is -3.78. The molecule has 1 aromatic heterocycles. The molecule has 0 aliphatic carbocycles. The van der Waals surface area contributed by atoms with Gasteiger partial charge in [-0.25, -0.2) is 8.42 Å². The molecule has 6 nitrogen and oxygen atoms in total. The van der Waals surface area contributed by atoms with Crippen molar-refractivity contribution in [3.8, 4) is 0 Å². The van der Waals surface area contributed by atoms with Gasteiger partial charge in [0.05, 0.1) is 15.1 Å². The zero-order valence-corrected chi connectivity index (χ0v) is 22.2. The number of aromatic nitrogens is 1. The Balaban J connectivity index is 1.59. The van der Waals surface area contributed by atoms with E-state index in [2.05, 4.69) is 41.4 Å². The summed E-state index contributed by atoms with van der Waals surface area (Å²) in [5.74, 6) is -0.405. The van der Waals surface area contributed by atoms with Crippen LogP contribution >= 0.6 is 22.9 Å². The van der Waals surface area contributed by atoms with Crippen LogP contribution in [-0.2, 0) is 23.0 Å². The molecule has 4 aromatic rings. The van der Waals surface area contributed by atoms with Gasteiger partial charge in [-0.3, -0.25) is 9.52 Å². The first-order valence-electron chi connectivity index (χ1n) is 11.5. The number of hydrogen-bond acceptors (Lipinski definition) is 4. The Morgan fingerprint density at radius 3 is 2.50 bits per heavy atom. The quantitative estimate of drug-likeness (QED) is 0.249. The number of halogens is 1. The van der Waals surface area contributed by atoms with E-state index in [1.54, 1.807) is 30.3 Å². The molecular weight excluding hydrogens is 514 g/mol. The summed E-state index contributed by atoms with van der Waals surface area (Å²) in [6, 6.07) is 18.4. The second kappa shape index (κ2) is 11.2. The number of carbonyl (C=O) groups is 1. The number of rotatable bonds is 9. The molecule has 1 amide bonds. The third-order valence-corrected chi connectivity index (χ3v) is 8.27. The molecule has 0 saturated heterocycles. The smallest absolute Gasteiger partial charge is 0.279 e. The lowest BCUT2D eigenvalue weighted by molar-refractivity contribution is 0.0998. The van der Waals surface area contributed by atoms with Gasteiger partial charge < -0.3 is 4.57 Å². The van der Waals surface area contributed by atoms with Gasteiger partial charge in [0.1, 0.15) is 0 Å². The summed E-state index contributed by atoms with van der Waals surface area (Å²) in [5, 5.41) is 0.450. The molecule has 3 aromatic carbocycles. The number of fused-ring (bicyclic) bond motifs is 1. The Labute approximate surface area is 219 Å². The summed E-state index contributed by atoms with van der Waals surface area (Å²) < 4.78 is 30.7. The number of nitrogens with one attached hydrogen (secondary N) is 1. The van der Waals surface area contributed by atoms with Crippen LogP contribution in [0.4, 0.5) is 5.69 Å². The number of aryl methyl sites for hydroxylation is 1. The van der Waals surface area contributed by atoms with Crippen molar-refractivity contribution in [3.05, 3.63) is 100 Å². The van der Waals surface area contributed by atoms with E-state index < -0.39 is 15.9 Å². The maximum absolute atomic E-state index is 13.0. The van der Waals surface area contributed by atoms with Gasteiger partial charge in [-0.2, -0.15) is 4.99 Å². The van der Waals surface area contributed by atoms with Crippen molar-refractivity contribution in [1.82, 2.24) is 4.57 Å². The summed E-state index contributed by atoms with van der Waals surface area (Å²) in [4.78, 5) is 18.0. The number of benzene rings is 3. The van der Waals surface area contributed by atoms with Crippen LogP contribution in [0, 0.1) is 0 Å². The van der Waals surface area contributed by atoms with Crippen LogP contribution in [0.5, 0.6) is 0 Å². The van der Waals surface area contributed by atoms with Crippen LogP contribution in [0.25, 0.3) is 10.2 Å². The minimum atomic E-state index is -3.78. The number of thiazole rings is 1. The van der Waals surface area contributed by atoms with Crippen LogP contribution in [0.15, 0.2) is 89.3 Å². The highest BCUT2D eigenvalue weighted by molar-refractivity contribution is 7.92. The molecule has 0 bridgehead atoms. The summed E-state index contributed by atoms with van der Waals surface area (Å²) in [6.07, 6.45) is 5.06. The van der Waals surface area contributed by atoms with Crippen LogP contribution < -0.4 is 9.52 Å². The minimum absolute atomic E-state index is 0.0939. The molecule has 4 rings (SSSR count). The molecule has 36 heavy (non-hydrogen) atoms. The lowest BCUT2D eigenvalue weighted by atomic mass is 10.1. The fraction of sp³-hybridized carbons (Fsp3) is 0.185. The van der Waals surface area contributed by atoms with Crippen molar-refractivity contribution < 1.29 is 13.2 Å². The van der Waals surface area contributed by atoms with Crippen molar-refractivity contribution >= 4 is 54.8 Å². The molecule has 0 spiro atoms. The topological polar surface area (TPSA) is 80.5 Å². The van der Waals surface area contributed by atoms with E-state index in [-0.39, 0.29) is 4.90 Å². The number of amides is 1. The third kappa shape index (κ3) is 5.95. The summed E-state index contributed by atoms with van der Waals surface area (Å²) in [6.45, 7) is 6.54. The molecule has 0 radical (unpaired) electrons. The number of hydrogen-bond donors (Lipinski definition) is 1. The van der Waals surface area contributed by atoms with Crippen LogP contribution in [0.2, 0.25) is 5.02 Å². The molecule has 0 aliphatic rings. The average Bonchev–Trinajstić information content (AvgIpc) is 3.19. The highest BCUT2D eigenvalue weighted by Crippen LogP contribution is 2.22. The van der Waals surface area contributed by atoms with Gasteiger partial charge in [-0.05, 0) is 79.1 Å². The first kappa shape index (κ1) is 25.9. The van der Waals surface area contributed by atoms with E-state index in [0.29, 0.717) is 27.6 Å². The molecule has 0 aliphatic heterocycles. The molecule has 0 atom stereocenters. The maximum atomic E-state index is 13.0. The minimum Gasteiger partial charge on any atom is -0.312 e. The highest BCUT2D eigenvalue weighted by Gasteiger charge is 2.15. The Morgan fingerprint density at radius 2 is 1.83 bits per heavy atom. The lowest BCUT2D eigenvalue weighted by Gasteiger charge is -2.08. The summed E-state index contributed by atoms with van der Waals surface area (Å²) in [5.41, 5.74) is 2.98. The largest absolute Gasteiger partial charge is 0.312 e. The standard InChI is InChI=1S/C27H26ClN3O3S2/c1-3-5-6-19-7-16-24-25(18-19)35-27(31(24)17-4-2)29-26(32)20-8-12-22(13-9-20)30-36(33,34)23-14-10-21(28)11-15-23/h4,7-16,18,30H,2-3,5-6,17H2,1H3. The second-order valence-electron chi connectivity index (χ2n) is 8.24. The van der Waals surface area contributed by atoms with Crippen molar-refractivity contribution in [2.75, 3.05) is 4.72 Å². The SMILES string of the molecule is C=CCn1c(=NC(=O)c2ccc(NS(=O)(=O)c3ccc(Cl)cc3)cc2)sc2cc(CCCC)ccc21. The molecule has 9 heteroatoms. The molecule has 186 valence electrons. The van der Waals surface area contributed by atoms with Crippen molar-refractivity contribution in [2.24, 2.45) is 4.99 Å². The number of unbranched alkanes of at least 4 members (excludes halogenated alkanes) is 1. The number of carbonyl (C=O) groups excluding carboxylic acids is 1. The van der Waals surface area contributed by atoms with Gasteiger partial charge >= 0.3 is 0 Å². The highest BCUT2D eigenvalue weighted by atomic mass is 35.5. The molecule has 0 fully saturated rings. The number of anilines is 1. The van der Waals surface area contributed by atoms with E-state index in [0.717, 1.165) is 29.5 Å². The Morgan fingerprint density at radius 1 is 1.11 bits per heavy atom. The van der Waals surface area contributed by atoms with E-state index in [1.807, 2.05) is 4.57 Å². The Hall–Kier alpha value is -3.20. The first-order valence-corrected chi connectivity index (χ1v) is 14.2. The van der Waals surface area contributed by atoms with Crippen LogP contribution in [0.1, 0.15) is 35.7 Å². The first-order chi connectivity index (χ1) is 17.3. The monoisotopic (exact) mass is 539 g/mol. The van der Waals surface area contributed by atoms with E-state index >= 15 is 0 Å². The fourth-order valence-corrected chi connectivity index (χ4v) is 5.99. The number of allylic oxidation sites excluding steroid dienone is 1. The van der Waals surface area contributed by atoms with Crippen LogP contribution in [0.3, 0.4) is 0 Å². The maximum Gasteiger partial charge on any atom is 0.279 e. The molecule has 0 saturated carbocycles. The molecule has 1 N–H and O–H groups in total. The molecule has 1 heterocycles. The Bertz CT molecular complexity index is 1570. The number of sulfonamides is 1. The second-order valence-corrected chi connectivity index (χ2v) is 11.4. The van der Waals surface area contributed by atoms with Gasteiger partial charge in [-0.1, -0.05) is 48.4 Å². The zero-order chi connectivity index (χ0) is 25.7. The van der Waals surface area contributed by atoms with Gasteiger partial charge in [0, 0.05) is 22.8 Å².